The molecule has 0 aromatic heterocycles. The van der Waals surface area contributed by atoms with Crippen LogP contribution in [-0.4, -0.2) is 31.2 Å². The van der Waals surface area contributed by atoms with Gasteiger partial charge in [0.1, 0.15) is 0 Å². The van der Waals surface area contributed by atoms with Gasteiger partial charge in [-0.1, -0.05) is 18.2 Å². The molecule has 110 valence electrons. The molecule has 0 saturated carbocycles. The highest BCUT2D eigenvalue weighted by Gasteiger charge is 2.13. The lowest BCUT2D eigenvalue weighted by Gasteiger charge is -2.22. The van der Waals surface area contributed by atoms with Crippen LogP contribution in [0.4, 0.5) is 5.69 Å². The van der Waals surface area contributed by atoms with Gasteiger partial charge in [0.25, 0.3) is 5.69 Å². The quantitative estimate of drug-likeness (QED) is 0.473. The Balaban J connectivity index is 1.67. The predicted octanol–water partition coefficient (Wildman–Crippen LogP) is 2.54. The van der Waals surface area contributed by atoms with Gasteiger partial charge in [0.05, 0.1) is 11.5 Å². The number of nitrogens with zero attached hydrogens (tertiary/aromatic N) is 1. The Kier molecular flexibility index (Phi) is 5.95. The second kappa shape index (κ2) is 7.97. The molecule has 0 amide bonds. The summed E-state index contributed by atoms with van der Waals surface area (Å²) in [6, 6.07) is 6.87. The maximum atomic E-state index is 10.9. The van der Waals surface area contributed by atoms with Gasteiger partial charge in [0, 0.05) is 24.7 Å². The first-order chi connectivity index (χ1) is 9.77. The van der Waals surface area contributed by atoms with Crippen LogP contribution in [-0.2, 0) is 11.2 Å². The van der Waals surface area contributed by atoms with Crippen molar-refractivity contribution >= 4 is 5.69 Å². The summed E-state index contributed by atoms with van der Waals surface area (Å²) in [4.78, 5) is 10.5. The molecule has 2 rings (SSSR count). The first kappa shape index (κ1) is 14.9. The number of hydrogen-bond donors (Lipinski definition) is 1. The van der Waals surface area contributed by atoms with E-state index < -0.39 is 0 Å². The van der Waals surface area contributed by atoms with Crippen LogP contribution in [0, 0.1) is 16.0 Å². The molecule has 1 atom stereocenters. The zero-order valence-electron chi connectivity index (χ0n) is 11.7. The van der Waals surface area contributed by atoms with E-state index >= 15 is 0 Å². The van der Waals surface area contributed by atoms with E-state index in [4.69, 9.17) is 4.74 Å². The molecule has 1 aliphatic rings. The lowest BCUT2D eigenvalue weighted by atomic mass is 9.97. The molecule has 1 unspecified atom stereocenters. The molecule has 0 bridgehead atoms. The highest BCUT2D eigenvalue weighted by atomic mass is 16.6. The van der Waals surface area contributed by atoms with E-state index in [-0.39, 0.29) is 10.6 Å². The van der Waals surface area contributed by atoms with Gasteiger partial charge < -0.3 is 10.1 Å². The SMILES string of the molecule is O=[N+]([O-])c1ccccc1CCOCCC1CCCNC1. The van der Waals surface area contributed by atoms with Gasteiger partial charge in [-0.3, -0.25) is 10.1 Å². The van der Waals surface area contributed by atoms with Crippen molar-refractivity contribution in [2.75, 3.05) is 26.3 Å². The fraction of sp³-hybridized carbons (Fsp3) is 0.600. The number of ether oxygens (including phenoxy) is 1. The molecule has 1 aromatic rings. The highest BCUT2D eigenvalue weighted by Crippen LogP contribution is 2.18. The fourth-order valence-corrected chi connectivity index (χ4v) is 2.60. The molecular weight excluding hydrogens is 256 g/mol. The van der Waals surface area contributed by atoms with Crippen LogP contribution < -0.4 is 5.32 Å². The molecule has 5 nitrogen and oxygen atoms in total. The van der Waals surface area contributed by atoms with Crippen molar-refractivity contribution in [3.05, 3.63) is 39.9 Å². The van der Waals surface area contributed by atoms with Crippen molar-refractivity contribution in [1.29, 1.82) is 0 Å². The monoisotopic (exact) mass is 278 g/mol. The Bertz CT molecular complexity index is 431. The largest absolute Gasteiger partial charge is 0.381 e. The van der Waals surface area contributed by atoms with Crippen molar-refractivity contribution < 1.29 is 9.66 Å². The molecule has 1 fully saturated rings. The minimum Gasteiger partial charge on any atom is -0.381 e. The van der Waals surface area contributed by atoms with E-state index in [1.54, 1.807) is 18.2 Å². The topological polar surface area (TPSA) is 64.4 Å². The van der Waals surface area contributed by atoms with Crippen LogP contribution in [0.1, 0.15) is 24.8 Å². The summed E-state index contributed by atoms with van der Waals surface area (Å²) < 4.78 is 5.62. The average molecular weight is 278 g/mol. The van der Waals surface area contributed by atoms with Crippen molar-refractivity contribution in [2.24, 2.45) is 5.92 Å². The third-order valence-electron chi connectivity index (χ3n) is 3.77. The Morgan fingerprint density at radius 2 is 2.20 bits per heavy atom. The van der Waals surface area contributed by atoms with E-state index in [9.17, 15) is 10.1 Å². The third kappa shape index (κ3) is 4.58. The van der Waals surface area contributed by atoms with Crippen LogP contribution in [0.5, 0.6) is 0 Å². The molecule has 1 heterocycles. The zero-order chi connectivity index (χ0) is 14.2. The lowest BCUT2D eigenvalue weighted by molar-refractivity contribution is -0.385. The number of hydrogen-bond acceptors (Lipinski definition) is 4. The molecule has 1 N–H and O–H groups in total. The minimum absolute atomic E-state index is 0.188. The molecule has 1 aromatic carbocycles. The number of benzene rings is 1. The number of nitro benzene ring substituents is 1. The Labute approximate surface area is 119 Å². The molecule has 1 saturated heterocycles. The standard InChI is InChI=1S/C15H22N2O3/c18-17(19)15-6-2-1-5-14(15)8-11-20-10-7-13-4-3-9-16-12-13/h1-2,5-6,13,16H,3-4,7-12H2. The molecule has 1 aliphatic heterocycles. The molecule has 20 heavy (non-hydrogen) atoms. The first-order valence-corrected chi connectivity index (χ1v) is 7.28. The highest BCUT2D eigenvalue weighted by molar-refractivity contribution is 5.39. The number of para-hydroxylation sites is 1. The van der Waals surface area contributed by atoms with E-state index in [1.165, 1.54) is 12.8 Å². The fourth-order valence-electron chi connectivity index (χ4n) is 2.60. The second-order valence-corrected chi connectivity index (χ2v) is 5.25. The molecule has 0 aliphatic carbocycles. The zero-order valence-corrected chi connectivity index (χ0v) is 11.7. The van der Waals surface area contributed by atoms with Gasteiger partial charge in [-0.15, -0.1) is 0 Å². The first-order valence-electron chi connectivity index (χ1n) is 7.28. The molecule has 5 heteroatoms. The third-order valence-corrected chi connectivity index (χ3v) is 3.77. The van der Waals surface area contributed by atoms with Gasteiger partial charge in [-0.05, 0) is 38.3 Å². The Hall–Kier alpha value is -1.46. The molecule has 0 radical (unpaired) electrons. The second-order valence-electron chi connectivity index (χ2n) is 5.25. The van der Waals surface area contributed by atoms with Gasteiger partial charge >= 0.3 is 0 Å². The van der Waals surface area contributed by atoms with Crippen molar-refractivity contribution in [3.63, 3.8) is 0 Å². The van der Waals surface area contributed by atoms with Crippen LogP contribution in [0.2, 0.25) is 0 Å². The summed E-state index contributed by atoms with van der Waals surface area (Å²) in [5.41, 5.74) is 0.935. The van der Waals surface area contributed by atoms with Gasteiger partial charge in [-0.25, -0.2) is 0 Å². The van der Waals surface area contributed by atoms with Gasteiger partial charge in [0.15, 0.2) is 0 Å². The normalized spacial score (nSPS) is 18.9. The number of nitro groups is 1. The van der Waals surface area contributed by atoms with Crippen LogP contribution >= 0.6 is 0 Å². The molecular formula is C15H22N2O3. The van der Waals surface area contributed by atoms with Crippen molar-refractivity contribution in [1.82, 2.24) is 5.32 Å². The summed E-state index contributed by atoms with van der Waals surface area (Å²) in [6.07, 6.45) is 4.20. The number of nitrogens with one attached hydrogen (secondary N) is 1. The molecule has 0 spiro atoms. The lowest BCUT2D eigenvalue weighted by Crippen LogP contribution is -2.30. The maximum Gasteiger partial charge on any atom is 0.272 e. The van der Waals surface area contributed by atoms with Gasteiger partial charge in [0.2, 0.25) is 0 Å². The van der Waals surface area contributed by atoms with Crippen molar-refractivity contribution in [2.45, 2.75) is 25.7 Å². The summed E-state index contributed by atoms with van der Waals surface area (Å²) in [7, 11) is 0. The minimum atomic E-state index is -0.330. The van der Waals surface area contributed by atoms with Crippen molar-refractivity contribution in [3.8, 4) is 0 Å². The van der Waals surface area contributed by atoms with E-state index in [1.807, 2.05) is 6.07 Å². The van der Waals surface area contributed by atoms with E-state index in [0.29, 0.717) is 13.0 Å². The summed E-state index contributed by atoms with van der Waals surface area (Å²) in [5, 5.41) is 14.3. The average Bonchev–Trinajstić information content (AvgIpc) is 2.48. The summed E-state index contributed by atoms with van der Waals surface area (Å²) in [5.74, 6) is 0.717. The van der Waals surface area contributed by atoms with Crippen LogP contribution in [0.3, 0.4) is 0 Å². The number of rotatable bonds is 7. The maximum absolute atomic E-state index is 10.9. The summed E-state index contributed by atoms with van der Waals surface area (Å²) in [6.45, 7) is 3.51. The van der Waals surface area contributed by atoms with Gasteiger partial charge in [-0.2, -0.15) is 0 Å². The van der Waals surface area contributed by atoms with Crippen LogP contribution in [0.25, 0.3) is 0 Å². The van der Waals surface area contributed by atoms with E-state index in [0.717, 1.165) is 37.6 Å². The number of piperidine rings is 1. The van der Waals surface area contributed by atoms with E-state index in [2.05, 4.69) is 5.32 Å². The summed E-state index contributed by atoms with van der Waals surface area (Å²) >= 11 is 0. The smallest absolute Gasteiger partial charge is 0.272 e. The predicted molar refractivity (Wildman–Crippen MR) is 77.8 cm³/mol. The van der Waals surface area contributed by atoms with Crippen LogP contribution in [0.15, 0.2) is 24.3 Å². The Morgan fingerprint density at radius 3 is 2.95 bits per heavy atom. The Morgan fingerprint density at radius 1 is 1.35 bits per heavy atom.